The van der Waals surface area contributed by atoms with Crippen molar-refractivity contribution in [3.05, 3.63) is 229 Å². The molecule has 9 aromatic carbocycles. The van der Waals surface area contributed by atoms with E-state index in [0.29, 0.717) is 0 Å². The van der Waals surface area contributed by atoms with Crippen molar-refractivity contribution >= 4 is 70.4 Å². The van der Waals surface area contributed by atoms with Crippen LogP contribution >= 0.6 is 11.3 Å². The summed E-state index contributed by atoms with van der Waals surface area (Å²) < 4.78 is 5.14. The molecule has 1 aliphatic carbocycles. The highest BCUT2D eigenvalue weighted by molar-refractivity contribution is 7.25. The highest BCUT2D eigenvalue weighted by Crippen LogP contribution is 2.61. The van der Waals surface area contributed by atoms with Gasteiger partial charge in [-0.3, -0.25) is 0 Å². The zero-order valence-electron chi connectivity index (χ0n) is 31.4. The Morgan fingerprint density at radius 3 is 1.78 bits per heavy atom. The average molecular weight is 755 g/mol. The van der Waals surface area contributed by atoms with E-state index in [-0.39, 0.29) is 0 Å². The van der Waals surface area contributed by atoms with Crippen molar-refractivity contribution in [3.63, 3.8) is 0 Å². The van der Waals surface area contributed by atoms with Crippen molar-refractivity contribution in [2.45, 2.75) is 5.41 Å². The van der Waals surface area contributed by atoms with Gasteiger partial charge >= 0.3 is 0 Å². The van der Waals surface area contributed by atoms with E-state index in [2.05, 4.69) is 216 Å². The van der Waals surface area contributed by atoms with E-state index in [1.807, 2.05) is 11.3 Å². The van der Waals surface area contributed by atoms with Crippen molar-refractivity contribution in [1.82, 2.24) is 4.57 Å². The molecule has 2 aliphatic rings. The molecule has 0 bridgehead atoms. The van der Waals surface area contributed by atoms with Gasteiger partial charge in [0.15, 0.2) is 0 Å². The summed E-state index contributed by atoms with van der Waals surface area (Å²) in [5.74, 6) is 0. The summed E-state index contributed by atoms with van der Waals surface area (Å²) in [6.45, 7) is 0. The molecule has 0 unspecified atom stereocenters. The van der Waals surface area contributed by atoms with Crippen LogP contribution in [0.3, 0.4) is 0 Å². The Morgan fingerprint density at radius 2 is 0.966 bits per heavy atom. The van der Waals surface area contributed by atoms with Gasteiger partial charge in [0.05, 0.1) is 22.1 Å². The SMILES string of the molecule is c1ccc(-c2ccc(N(c3ccc4c(c3)sc3ccccc34)c3ccc4c(c3)c3cccc5c3n4-c3ccccc3C53c4ccccc4-c4ccccc43)cc2)cc1. The second kappa shape index (κ2) is 11.9. The van der Waals surface area contributed by atoms with E-state index < -0.39 is 5.41 Å². The number of anilines is 3. The largest absolute Gasteiger partial charge is 0.310 e. The van der Waals surface area contributed by atoms with E-state index in [4.69, 9.17) is 0 Å². The minimum absolute atomic E-state index is 0.428. The van der Waals surface area contributed by atoms with Crippen molar-refractivity contribution < 1.29 is 0 Å². The maximum Gasteiger partial charge on any atom is 0.0754 e. The molecule has 0 saturated heterocycles. The second-order valence-electron chi connectivity index (χ2n) is 15.6. The molecule has 0 fully saturated rings. The Bertz CT molecular complexity index is 3420. The van der Waals surface area contributed by atoms with Crippen LogP contribution < -0.4 is 4.90 Å². The molecular weight excluding hydrogens is 721 g/mol. The fraction of sp³-hybridized carbons (Fsp3) is 0.0182. The lowest BCUT2D eigenvalue weighted by Crippen LogP contribution is -2.33. The van der Waals surface area contributed by atoms with Crippen molar-refractivity contribution in [1.29, 1.82) is 0 Å². The number of aromatic nitrogens is 1. The van der Waals surface area contributed by atoms with Crippen LogP contribution in [0.25, 0.3) is 69.9 Å². The number of nitrogens with zero attached hydrogens (tertiary/aromatic N) is 2. The third kappa shape index (κ3) is 4.21. The van der Waals surface area contributed by atoms with Gasteiger partial charge in [-0.05, 0) is 99.1 Å². The van der Waals surface area contributed by atoms with Gasteiger partial charge in [-0.1, -0.05) is 152 Å². The molecule has 58 heavy (non-hydrogen) atoms. The monoisotopic (exact) mass is 754 g/mol. The van der Waals surface area contributed by atoms with Crippen LogP contribution in [0, 0.1) is 0 Å². The highest BCUT2D eigenvalue weighted by atomic mass is 32.1. The van der Waals surface area contributed by atoms with Gasteiger partial charge in [0.1, 0.15) is 0 Å². The molecule has 2 nitrogen and oxygen atoms in total. The van der Waals surface area contributed by atoms with E-state index in [1.54, 1.807) is 0 Å². The van der Waals surface area contributed by atoms with Crippen LogP contribution in [-0.4, -0.2) is 4.57 Å². The Balaban J connectivity index is 1.07. The lowest BCUT2D eigenvalue weighted by atomic mass is 9.65. The molecule has 13 rings (SSSR count). The Kier molecular flexibility index (Phi) is 6.56. The predicted molar refractivity (Wildman–Crippen MR) is 245 cm³/mol. The number of rotatable bonds is 4. The molecule has 3 heteroatoms. The van der Waals surface area contributed by atoms with Crippen molar-refractivity contribution in [3.8, 4) is 27.9 Å². The standard InChI is InChI=1S/C55H34N2S/c1-2-13-35(14-3-1)36-25-27-37(28-26-36)56(39-29-31-43-42-17-6-11-24-52(42)58-53(43)34-39)38-30-32-50-45(33-38)44-18-12-22-49-54(44)57(50)51-23-10-9-21-48(51)55(49)46-19-7-4-15-40(46)41-16-5-8-20-47(41)55/h1-34H. The normalized spacial score (nSPS) is 13.3. The molecule has 270 valence electrons. The Labute approximate surface area is 340 Å². The quantitative estimate of drug-likeness (QED) is 0.174. The maximum atomic E-state index is 2.54. The van der Waals surface area contributed by atoms with Crippen LogP contribution in [0.15, 0.2) is 206 Å². The van der Waals surface area contributed by atoms with Gasteiger partial charge in [0.25, 0.3) is 0 Å². The van der Waals surface area contributed by atoms with Crippen LogP contribution in [0.4, 0.5) is 17.1 Å². The molecule has 0 atom stereocenters. The smallest absolute Gasteiger partial charge is 0.0754 e. The van der Waals surface area contributed by atoms with E-state index in [1.165, 1.54) is 92.2 Å². The van der Waals surface area contributed by atoms with Gasteiger partial charge in [-0.15, -0.1) is 11.3 Å². The fourth-order valence-electron chi connectivity index (χ4n) is 10.4. The lowest BCUT2D eigenvalue weighted by Gasteiger charge is -2.39. The third-order valence-electron chi connectivity index (χ3n) is 12.8. The van der Waals surface area contributed by atoms with Gasteiger partial charge in [-0.25, -0.2) is 0 Å². The number of hydrogen-bond donors (Lipinski definition) is 0. The number of benzene rings is 9. The number of thiophene rings is 1. The van der Waals surface area contributed by atoms with E-state index in [0.717, 1.165) is 17.1 Å². The summed E-state index contributed by atoms with van der Waals surface area (Å²) in [5, 5.41) is 5.13. The van der Waals surface area contributed by atoms with E-state index in [9.17, 15) is 0 Å². The van der Waals surface area contributed by atoms with Gasteiger partial charge < -0.3 is 9.47 Å². The summed E-state index contributed by atoms with van der Waals surface area (Å²) >= 11 is 1.87. The highest BCUT2D eigenvalue weighted by Gasteiger charge is 2.50. The summed E-state index contributed by atoms with van der Waals surface area (Å²) in [7, 11) is 0. The molecular formula is C55H34N2S. The molecule has 2 aromatic heterocycles. The van der Waals surface area contributed by atoms with Crippen molar-refractivity contribution in [2.24, 2.45) is 0 Å². The van der Waals surface area contributed by atoms with Crippen molar-refractivity contribution in [2.75, 3.05) is 4.90 Å². The first-order valence-corrected chi connectivity index (χ1v) is 20.8. The summed E-state index contributed by atoms with van der Waals surface area (Å²) in [6.07, 6.45) is 0. The summed E-state index contributed by atoms with van der Waals surface area (Å²) in [5.41, 5.74) is 17.1. The van der Waals surface area contributed by atoms with Gasteiger partial charge in [0.2, 0.25) is 0 Å². The molecule has 0 radical (unpaired) electrons. The molecule has 0 N–H and O–H groups in total. The number of hydrogen-bond acceptors (Lipinski definition) is 2. The lowest BCUT2D eigenvalue weighted by molar-refractivity contribution is 0.748. The zero-order valence-corrected chi connectivity index (χ0v) is 32.2. The van der Waals surface area contributed by atoms with Gasteiger partial charge in [-0.2, -0.15) is 0 Å². The van der Waals surface area contributed by atoms with Gasteiger partial charge in [0, 0.05) is 48.0 Å². The average Bonchev–Trinajstić information content (AvgIpc) is 3.93. The topological polar surface area (TPSA) is 8.17 Å². The zero-order chi connectivity index (χ0) is 38.0. The fourth-order valence-corrected chi connectivity index (χ4v) is 11.6. The first-order chi connectivity index (χ1) is 28.8. The summed E-state index contributed by atoms with van der Waals surface area (Å²) in [4.78, 5) is 2.43. The van der Waals surface area contributed by atoms with Crippen LogP contribution in [0.5, 0.6) is 0 Å². The minimum Gasteiger partial charge on any atom is -0.310 e. The second-order valence-corrected chi connectivity index (χ2v) is 16.7. The van der Waals surface area contributed by atoms with Crippen LogP contribution in [-0.2, 0) is 5.41 Å². The molecule has 1 spiro atoms. The van der Waals surface area contributed by atoms with E-state index >= 15 is 0 Å². The Hall–Kier alpha value is -7.20. The maximum absolute atomic E-state index is 2.54. The number of para-hydroxylation sites is 2. The molecule has 11 aromatic rings. The summed E-state index contributed by atoms with van der Waals surface area (Å²) in [6, 6.07) is 76.7. The van der Waals surface area contributed by atoms with Crippen LogP contribution in [0.1, 0.15) is 22.3 Å². The minimum atomic E-state index is -0.428. The van der Waals surface area contributed by atoms with Crippen LogP contribution in [0.2, 0.25) is 0 Å². The predicted octanol–water partition coefficient (Wildman–Crippen LogP) is 15.0. The number of fused-ring (bicyclic) bond motifs is 15. The first-order valence-electron chi connectivity index (χ1n) is 20.0. The molecule has 1 aliphatic heterocycles. The third-order valence-corrected chi connectivity index (χ3v) is 13.9. The molecule has 0 amide bonds. The molecule has 0 saturated carbocycles. The Morgan fingerprint density at radius 1 is 0.379 bits per heavy atom. The first kappa shape index (κ1) is 31.9. The molecule has 3 heterocycles.